The number of fused-ring (bicyclic) bond motifs is 3. The molecule has 124 valence electrons. The Hall–Kier alpha value is -2.43. The quantitative estimate of drug-likeness (QED) is 0.724. The predicted molar refractivity (Wildman–Crippen MR) is 96.1 cm³/mol. The first-order valence-corrected chi connectivity index (χ1v) is 8.50. The van der Waals surface area contributed by atoms with Crippen molar-refractivity contribution in [2.24, 2.45) is 5.92 Å². The standard InChI is InChI=1S/C19H21FN4/c1-2-14-3-4-16-17(13-14)24-12-8-18(22-19(24)21-16)23-10-6-15(5-9-20)7-11-23/h2-4,8,12-13,15H,1,5-7,9-11H2. The Kier molecular flexibility index (Phi) is 3.92. The average molecular weight is 324 g/mol. The number of piperidine rings is 1. The molecule has 0 aliphatic carbocycles. The number of hydrogen-bond donors (Lipinski definition) is 0. The highest BCUT2D eigenvalue weighted by Gasteiger charge is 2.20. The Bertz CT molecular complexity index is 878. The molecular formula is C19H21FN4. The van der Waals surface area contributed by atoms with E-state index in [9.17, 15) is 4.39 Å². The smallest absolute Gasteiger partial charge is 0.236 e. The minimum absolute atomic E-state index is 0.206. The van der Waals surface area contributed by atoms with Gasteiger partial charge in [-0.15, -0.1) is 0 Å². The lowest BCUT2D eigenvalue weighted by molar-refractivity contribution is 0.332. The highest BCUT2D eigenvalue weighted by Crippen LogP contribution is 2.25. The van der Waals surface area contributed by atoms with Gasteiger partial charge in [-0.1, -0.05) is 18.7 Å². The van der Waals surface area contributed by atoms with E-state index in [1.807, 2.05) is 34.9 Å². The number of alkyl halides is 1. The molecule has 1 aromatic carbocycles. The number of benzene rings is 1. The summed E-state index contributed by atoms with van der Waals surface area (Å²) in [6.45, 7) is 5.49. The van der Waals surface area contributed by atoms with Gasteiger partial charge in [-0.2, -0.15) is 4.98 Å². The van der Waals surface area contributed by atoms with Crippen LogP contribution in [0.25, 0.3) is 22.9 Å². The SMILES string of the molecule is C=Cc1ccc2nc3nc(N4CCC(CCF)CC4)ccn3c2c1. The van der Waals surface area contributed by atoms with E-state index in [0.717, 1.165) is 54.1 Å². The van der Waals surface area contributed by atoms with Crippen LogP contribution in [0, 0.1) is 5.92 Å². The molecule has 0 radical (unpaired) electrons. The largest absolute Gasteiger partial charge is 0.356 e. The molecule has 0 bridgehead atoms. The van der Waals surface area contributed by atoms with Crippen LogP contribution < -0.4 is 4.90 Å². The maximum absolute atomic E-state index is 12.5. The van der Waals surface area contributed by atoms with E-state index in [1.54, 1.807) is 0 Å². The van der Waals surface area contributed by atoms with Gasteiger partial charge in [0.15, 0.2) is 0 Å². The number of halogens is 1. The molecular weight excluding hydrogens is 303 g/mol. The van der Waals surface area contributed by atoms with Crippen LogP contribution in [-0.4, -0.2) is 34.1 Å². The van der Waals surface area contributed by atoms with E-state index in [0.29, 0.717) is 12.3 Å². The monoisotopic (exact) mass is 324 g/mol. The third-order valence-electron chi connectivity index (χ3n) is 4.97. The Labute approximate surface area is 140 Å². The van der Waals surface area contributed by atoms with Gasteiger partial charge in [-0.05, 0) is 48.9 Å². The van der Waals surface area contributed by atoms with Crippen LogP contribution in [0.1, 0.15) is 24.8 Å². The predicted octanol–water partition coefficient (Wildman–Crippen LogP) is 4.10. The molecule has 4 rings (SSSR count). The molecule has 4 nitrogen and oxygen atoms in total. The summed E-state index contributed by atoms with van der Waals surface area (Å²) in [5, 5.41) is 0. The van der Waals surface area contributed by atoms with Gasteiger partial charge >= 0.3 is 0 Å². The number of imidazole rings is 1. The van der Waals surface area contributed by atoms with Crippen LogP contribution in [0.3, 0.4) is 0 Å². The van der Waals surface area contributed by atoms with Crippen molar-refractivity contribution in [2.75, 3.05) is 24.7 Å². The molecule has 0 amide bonds. The molecule has 0 saturated carbocycles. The van der Waals surface area contributed by atoms with Gasteiger partial charge in [0, 0.05) is 19.3 Å². The summed E-state index contributed by atoms with van der Waals surface area (Å²) in [4.78, 5) is 11.7. The van der Waals surface area contributed by atoms with Gasteiger partial charge < -0.3 is 4.90 Å². The van der Waals surface area contributed by atoms with Crippen LogP contribution in [-0.2, 0) is 0 Å². The second-order valence-corrected chi connectivity index (χ2v) is 6.43. The van der Waals surface area contributed by atoms with Gasteiger partial charge in [-0.3, -0.25) is 8.79 Å². The second-order valence-electron chi connectivity index (χ2n) is 6.43. The van der Waals surface area contributed by atoms with E-state index in [4.69, 9.17) is 4.98 Å². The van der Waals surface area contributed by atoms with Crippen molar-refractivity contribution in [2.45, 2.75) is 19.3 Å². The molecule has 5 heteroatoms. The van der Waals surface area contributed by atoms with E-state index in [2.05, 4.69) is 22.5 Å². The number of nitrogens with zero attached hydrogens (tertiary/aromatic N) is 4. The molecule has 0 N–H and O–H groups in total. The van der Waals surface area contributed by atoms with Gasteiger partial charge in [-0.25, -0.2) is 4.98 Å². The van der Waals surface area contributed by atoms with Gasteiger partial charge in [0.25, 0.3) is 0 Å². The van der Waals surface area contributed by atoms with Crippen molar-refractivity contribution in [3.8, 4) is 0 Å². The lowest BCUT2D eigenvalue weighted by Gasteiger charge is -2.32. The number of anilines is 1. The number of rotatable bonds is 4. The highest BCUT2D eigenvalue weighted by molar-refractivity contribution is 5.82. The molecule has 24 heavy (non-hydrogen) atoms. The van der Waals surface area contributed by atoms with Crippen molar-refractivity contribution in [3.05, 3.63) is 42.6 Å². The summed E-state index contributed by atoms with van der Waals surface area (Å²) >= 11 is 0. The molecule has 3 heterocycles. The summed E-state index contributed by atoms with van der Waals surface area (Å²) in [5.74, 6) is 2.19. The molecule has 2 aromatic heterocycles. The fourth-order valence-corrected chi connectivity index (χ4v) is 3.51. The summed E-state index contributed by atoms with van der Waals surface area (Å²) in [7, 11) is 0. The van der Waals surface area contributed by atoms with Crippen molar-refractivity contribution in [1.82, 2.24) is 14.4 Å². The average Bonchev–Trinajstić information content (AvgIpc) is 2.99. The zero-order valence-corrected chi connectivity index (χ0v) is 13.7. The van der Waals surface area contributed by atoms with Crippen LogP contribution >= 0.6 is 0 Å². The first-order valence-electron chi connectivity index (χ1n) is 8.50. The summed E-state index contributed by atoms with van der Waals surface area (Å²) in [5.41, 5.74) is 3.05. The minimum atomic E-state index is -0.206. The van der Waals surface area contributed by atoms with Gasteiger partial charge in [0.1, 0.15) is 5.82 Å². The number of hydrogen-bond acceptors (Lipinski definition) is 3. The van der Waals surface area contributed by atoms with E-state index >= 15 is 0 Å². The Morgan fingerprint density at radius 3 is 2.79 bits per heavy atom. The van der Waals surface area contributed by atoms with Crippen LogP contribution in [0.4, 0.5) is 10.2 Å². The van der Waals surface area contributed by atoms with Gasteiger partial charge in [0.2, 0.25) is 5.78 Å². The first-order chi connectivity index (χ1) is 11.8. The molecule has 1 aliphatic heterocycles. The minimum Gasteiger partial charge on any atom is -0.356 e. The number of aromatic nitrogens is 3. The third kappa shape index (κ3) is 2.64. The molecule has 0 unspecified atom stereocenters. The van der Waals surface area contributed by atoms with E-state index < -0.39 is 0 Å². The zero-order chi connectivity index (χ0) is 16.5. The van der Waals surface area contributed by atoms with Crippen molar-refractivity contribution in [1.29, 1.82) is 0 Å². The zero-order valence-electron chi connectivity index (χ0n) is 13.7. The van der Waals surface area contributed by atoms with Gasteiger partial charge in [0.05, 0.1) is 17.7 Å². The Morgan fingerprint density at radius 2 is 2.04 bits per heavy atom. The maximum atomic E-state index is 12.5. The molecule has 3 aromatic rings. The lowest BCUT2D eigenvalue weighted by atomic mass is 9.94. The second kappa shape index (κ2) is 6.23. The summed E-state index contributed by atoms with van der Waals surface area (Å²) < 4.78 is 14.5. The van der Waals surface area contributed by atoms with Crippen LogP contribution in [0.15, 0.2) is 37.0 Å². The topological polar surface area (TPSA) is 33.4 Å². The fourth-order valence-electron chi connectivity index (χ4n) is 3.51. The third-order valence-corrected chi connectivity index (χ3v) is 4.97. The van der Waals surface area contributed by atoms with Crippen molar-refractivity contribution < 1.29 is 4.39 Å². The van der Waals surface area contributed by atoms with E-state index in [1.165, 1.54) is 0 Å². The van der Waals surface area contributed by atoms with Crippen LogP contribution in [0.2, 0.25) is 0 Å². The van der Waals surface area contributed by atoms with Crippen LogP contribution in [0.5, 0.6) is 0 Å². The maximum Gasteiger partial charge on any atom is 0.236 e. The Balaban J connectivity index is 1.64. The molecule has 1 saturated heterocycles. The summed E-state index contributed by atoms with van der Waals surface area (Å²) in [6, 6.07) is 8.14. The molecule has 1 fully saturated rings. The van der Waals surface area contributed by atoms with Crippen molar-refractivity contribution in [3.63, 3.8) is 0 Å². The lowest BCUT2D eigenvalue weighted by Crippen LogP contribution is -2.34. The molecule has 0 spiro atoms. The molecule has 0 atom stereocenters. The Morgan fingerprint density at radius 1 is 1.21 bits per heavy atom. The normalized spacial score (nSPS) is 16.1. The summed E-state index contributed by atoms with van der Waals surface area (Å²) in [6.07, 6.45) is 6.64. The first kappa shape index (κ1) is 15.1. The van der Waals surface area contributed by atoms with Crippen molar-refractivity contribution >= 4 is 28.7 Å². The highest BCUT2D eigenvalue weighted by atomic mass is 19.1. The van der Waals surface area contributed by atoms with E-state index in [-0.39, 0.29) is 6.67 Å². The fraction of sp³-hybridized carbons (Fsp3) is 0.368. The molecule has 1 aliphatic rings.